The summed E-state index contributed by atoms with van der Waals surface area (Å²) in [6.07, 6.45) is 3.46. The summed E-state index contributed by atoms with van der Waals surface area (Å²) >= 11 is 0. The topological polar surface area (TPSA) is 84.9 Å². The Morgan fingerprint density at radius 3 is 2.35 bits per heavy atom. The molecule has 0 bridgehead atoms. The molecule has 0 saturated carbocycles. The fourth-order valence-corrected chi connectivity index (χ4v) is 5.21. The molecule has 2 aromatic carbocycles. The van der Waals surface area contributed by atoms with E-state index in [0.29, 0.717) is 37.4 Å². The number of carbonyl (C=O) groups excluding carboxylic acids is 1. The van der Waals surface area contributed by atoms with E-state index in [1.165, 1.54) is 0 Å². The molecule has 1 fully saturated rings. The van der Waals surface area contributed by atoms with Crippen LogP contribution in [0.1, 0.15) is 36.8 Å². The maximum absolute atomic E-state index is 13.0. The molecule has 8 heteroatoms. The fourth-order valence-electron chi connectivity index (χ4n) is 3.65. The van der Waals surface area contributed by atoms with Gasteiger partial charge < -0.3 is 14.8 Å². The minimum atomic E-state index is -3.53. The van der Waals surface area contributed by atoms with Crippen molar-refractivity contribution in [3.63, 3.8) is 0 Å². The number of hydrogen-bond acceptors (Lipinski definition) is 5. The van der Waals surface area contributed by atoms with Crippen molar-refractivity contribution < 1.29 is 22.7 Å². The van der Waals surface area contributed by atoms with E-state index in [4.69, 9.17) is 9.47 Å². The van der Waals surface area contributed by atoms with E-state index in [1.807, 2.05) is 24.3 Å². The van der Waals surface area contributed by atoms with Crippen molar-refractivity contribution in [3.05, 3.63) is 53.6 Å². The summed E-state index contributed by atoms with van der Waals surface area (Å²) in [5.41, 5.74) is 1.68. The van der Waals surface area contributed by atoms with Gasteiger partial charge >= 0.3 is 0 Å². The minimum Gasteiger partial charge on any atom is -0.497 e. The average Bonchev–Trinajstić information content (AvgIpc) is 2.82. The first-order valence-electron chi connectivity index (χ1n) is 10.5. The summed E-state index contributed by atoms with van der Waals surface area (Å²) in [6, 6.07) is 12.4. The van der Waals surface area contributed by atoms with Crippen LogP contribution < -0.4 is 14.8 Å². The van der Waals surface area contributed by atoms with E-state index in [9.17, 15) is 13.2 Å². The highest BCUT2D eigenvalue weighted by Gasteiger charge is 2.26. The Kier molecular flexibility index (Phi) is 7.92. The van der Waals surface area contributed by atoms with Gasteiger partial charge in [-0.3, -0.25) is 4.79 Å². The molecule has 168 valence electrons. The molecule has 31 heavy (non-hydrogen) atoms. The number of hydrogen-bond donors (Lipinski definition) is 1. The van der Waals surface area contributed by atoms with Crippen molar-refractivity contribution in [2.24, 2.45) is 0 Å². The van der Waals surface area contributed by atoms with Crippen molar-refractivity contribution in [3.8, 4) is 11.5 Å². The van der Waals surface area contributed by atoms with Crippen LogP contribution in [0.5, 0.6) is 11.5 Å². The molecule has 1 aliphatic rings. The highest BCUT2D eigenvalue weighted by molar-refractivity contribution is 7.89. The molecule has 0 atom stereocenters. The van der Waals surface area contributed by atoms with Gasteiger partial charge in [0.05, 0.1) is 19.1 Å². The molecule has 0 spiro atoms. The standard InChI is InChI=1S/C23H30N2O5S/c1-29-20-9-6-18(7-10-20)17-24-23(26)13-8-19-16-21(11-12-22(19)30-2)31(27,28)25-14-4-3-5-15-25/h6-7,9-12,16H,3-5,8,13-15,17H2,1-2H3,(H,24,26). The third-order valence-corrected chi connectivity index (χ3v) is 7.37. The number of ether oxygens (including phenoxy) is 2. The van der Waals surface area contributed by atoms with E-state index < -0.39 is 10.0 Å². The van der Waals surface area contributed by atoms with Crippen LogP contribution in [0, 0.1) is 0 Å². The molecule has 0 aliphatic carbocycles. The number of amides is 1. The largest absolute Gasteiger partial charge is 0.497 e. The third kappa shape index (κ3) is 5.98. The minimum absolute atomic E-state index is 0.109. The SMILES string of the molecule is COc1ccc(CNC(=O)CCc2cc(S(=O)(=O)N3CCCCC3)ccc2OC)cc1. The van der Waals surface area contributed by atoms with Gasteiger partial charge in [0, 0.05) is 26.1 Å². The van der Waals surface area contributed by atoms with E-state index in [-0.39, 0.29) is 17.2 Å². The van der Waals surface area contributed by atoms with E-state index in [1.54, 1.807) is 36.7 Å². The van der Waals surface area contributed by atoms with Crippen LogP contribution in [0.25, 0.3) is 0 Å². The number of carbonyl (C=O) groups is 1. The zero-order valence-electron chi connectivity index (χ0n) is 18.1. The molecule has 2 aromatic rings. The van der Waals surface area contributed by atoms with Crippen molar-refractivity contribution in [2.45, 2.75) is 43.5 Å². The maximum atomic E-state index is 13.0. The Balaban J connectivity index is 1.63. The number of methoxy groups -OCH3 is 2. The smallest absolute Gasteiger partial charge is 0.243 e. The van der Waals surface area contributed by atoms with E-state index in [2.05, 4.69) is 5.32 Å². The molecule has 3 rings (SSSR count). The molecule has 1 heterocycles. The van der Waals surface area contributed by atoms with Gasteiger partial charge in [-0.2, -0.15) is 4.31 Å². The number of benzene rings is 2. The van der Waals surface area contributed by atoms with Gasteiger partial charge in [-0.1, -0.05) is 18.6 Å². The Morgan fingerprint density at radius 2 is 1.71 bits per heavy atom. The lowest BCUT2D eigenvalue weighted by atomic mass is 10.1. The predicted octanol–water partition coefficient (Wildman–Crippen LogP) is 3.13. The van der Waals surface area contributed by atoms with Crippen molar-refractivity contribution in [2.75, 3.05) is 27.3 Å². The number of nitrogens with zero attached hydrogens (tertiary/aromatic N) is 1. The van der Waals surface area contributed by atoms with Gasteiger partial charge in [0.15, 0.2) is 0 Å². The van der Waals surface area contributed by atoms with Crippen molar-refractivity contribution >= 4 is 15.9 Å². The van der Waals surface area contributed by atoms with Gasteiger partial charge in [-0.15, -0.1) is 0 Å². The van der Waals surface area contributed by atoms with Gasteiger partial charge in [0.1, 0.15) is 11.5 Å². The summed E-state index contributed by atoms with van der Waals surface area (Å²) < 4.78 is 38.0. The van der Waals surface area contributed by atoms with Gasteiger partial charge in [-0.25, -0.2) is 8.42 Å². The van der Waals surface area contributed by atoms with Gasteiger partial charge in [0.2, 0.25) is 15.9 Å². The van der Waals surface area contributed by atoms with Crippen molar-refractivity contribution in [1.82, 2.24) is 9.62 Å². The van der Waals surface area contributed by atoms with Crippen LogP contribution in [-0.4, -0.2) is 45.9 Å². The zero-order chi connectivity index (χ0) is 22.3. The Hall–Kier alpha value is -2.58. The quantitative estimate of drug-likeness (QED) is 0.640. The highest BCUT2D eigenvalue weighted by Crippen LogP contribution is 2.27. The highest BCUT2D eigenvalue weighted by atomic mass is 32.2. The Bertz CT molecular complexity index is 984. The summed E-state index contributed by atoms with van der Waals surface area (Å²) in [5, 5.41) is 2.89. The lowest BCUT2D eigenvalue weighted by Crippen LogP contribution is -2.35. The number of rotatable bonds is 9. The molecule has 0 radical (unpaired) electrons. The third-order valence-electron chi connectivity index (χ3n) is 5.47. The zero-order valence-corrected chi connectivity index (χ0v) is 18.9. The Labute approximate surface area is 184 Å². The van der Waals surface area contributed by atoms with Gasteiger partial charge in [-0.05, 0) is 60.7 Å². The van der Waals surface area contributed by atoms with E-state index >= 15 is 0 Å². The first-order chi connectivity index (χ1) is 14.9. The second-order valence-corrected chi connectivity index (χ2v) is 9.50. The normalized spacial score (nSPS) is 14.8. The Morgan fingerprint density at radius 1 is 1.00 bits per heavy atom. The molecule has 1 saturated heterocycles. The van der Waals surface area contributed by atoms with Crippen LogP contribution in [0.4, 0.5) is 0 Å². The molecule has 0 aromatic heterocycles. The first kappa shape index (κ1) is 23.1. The molecule has 0 unspecified atom stereocenters. The molecule has 1 amide bonds. The maximum Gasteiger partial charge on any atom is 0.243 e. The summed E-state index contributed by atoms with van der Waals surface area (Å²) in [5.74, 6) is 1.24. The summed E-state index contributed by atoms with van der Waals surface area (Å²) in [4.78, 5) is 12.6. The fraction of sp³-hybridized carbons (Fsp3) is 0.435. The van der Waals surface area contributed by atoms with Crippen LogP contribution in [-0.2, 0) is 27.8 Å². The summed E-state index contributed by atoms with van der Waals surface area (Å²) in [7, 11) is -0.381. The first-order valence-corrected chi connectivity index (χ1v) is 11.9. The van der Waals surface area contributed by atoms with Crippen molar-refractivity contribution in [1.29, 1.82) is 0 Å². The lowest BCUT2D eigenvalue weighted by Gasteiger charge is -2.26. The number of sulfonamides is 1. The molecule has 1 aliphatic heterocycles. The summed E-state index contributed by atoms with van der Waals surface area (Å²) in [6.45, 7) is 1.53. The molecular formula is C23H30N2O5S. The average molecular weight is 447 g/mol. The molecule has 1 N–H and O–H groups in total. The van der Waals surface area contributed by atoms with Crippen LogP contribution in [0.2, 0.25) is 0 Å². The predicted molar refractivity (Wildman–Crippen MR) is 119 cm³/mol. The second-order valence-electron chi connectivity index (χ2n) is 7.56. The number of nitrogens with one attached hydrogen (secondary N) is 1. The number of aryl methyl sites for hydroxylation is 1. The second kappa shape index (κ2) is 10.6. The monoisotopic (exact) mass is 446 g/mol. The molecule has 7 nitrogen and oxygen atoms in total. The van der Waals surface area contributed by atoms with Crippen LogP contribution in [0.3, 0.4) is 0 Å². The van der Waals surface area contributed by atoms with E-state index in [0.717, 1.165) is 30.6 Å². The molecular weight excluding hydrogens is 416 g/mol. The van der Waals surface area contributed by atoms with Crippen LogP contribution in [0.15, 0.2) is 47.4 Å². The lowest BCUT2D eigenvalue weighted by molar-refractivity contribution is -0.121. The van der Waals surface area contributed by atoms with Crippen LogP contribution >= 0.6 is 0 Å². The van der Waals surface area contributed by atoms with Gasteiger partial charge in [0.25, 0.3) is 0 Å². The number of piperidine rings is 1.